The maximum atomic E-state index is 11.6. The van der Waals surface area contributed by atoms with Crippen molar-refractivity contribution in [3.63, 3.8) is 0 Å². The van der Waals surface area contributed by atoms with Crippen LogP contribution >= 0.6 is 0 Å². The molecule has 0 saturated heterocycles. The van der Waals surface area contributed by atoms with E-state index in [2.05, 4.69) is 16.3 Å². The lowest BCUT2D eigenvalue weighted by atomic mass is 10.1. The second kappa shape index (κ2) is 7.13. The van der Waals surface area contributed by atoms with Crippen molar-refractivity contribution in [1.82, 2.24) is 10.2 Å². The Hall–Kier alpha value is -1.39. The zero-order valence-electron chi connectivity index (χ0n) is 11.4. The highest BCUT2D eigenvalue weighted by molar-refractivity contribution is 5.76. The Balaban J connectivity index is 2.58. The van der Waals surface area contributed by atoms with Gasteiger partial charge in [-0.25, -0.2) is 0 Å². The number of nitrogens with two attached hydrogens (primary N) is 1. The van der Waals surface area contributed by atoms with E-state index < -0.39 is 0 Å². The van der Waals surface area contributed by atoms with E-state index in [1.165, 1.54) is 5.56 Å². The van der Waals surface area contributed by atoms with Crippen LogP contribution in [0.4, 0.5) is 0 Å². The van der Waals surface area contributed by atoms with Gasteiger partial charge in [0.1, 0.15) is 0 Å². The molecule has 4 nitrogen and oxygen atoms in total. The molecule has 0 bridgehead atoms. The molecule has 0 aliphatic rings. The molecule has 0 saturated carbocycles. The Kier molecular flexibility index (Phi) is 5.82. The third kappa shape index (κ3) is 5.29. The van der Waals surface area contributed by atoms with Crippen molar-refractivity contribution >= 4 is 5.91 Å². The third-order valence-electron chi connectivity index (χ3n) is 2.59. The molecule has 18 heavy (non-hydrogen) atoms. The van der Waals surface area contributed by atoms with E-state index in [-0.39, 0.29) is 11.9 Å². The molecule has 0 spiro atoms. The zero-order chi connectivity index (χ0) is 13.5. The number of amides is 1. The van der Waals surface area contributed by atoms with E-state index in [4.69, 9.17) is 5.73 Å². The second-order valence-electron chi connectivity index (χ2n) is 4.96. The molecule has 0 aliphatic carbocycles. The fraction of sp³-hybridized carbons (Fsp3) is 0.500. The smallest absolute Gasteiger partial charge is 0.221 e. The van der Waals surface area contributed by atoms with Gasteiger partial charge in [0.15, 0.2) is 0 Å². The predicted molar refractivity (Wildman–Crippen MR) is 73.9 cm³/mol. The average Bonchev–Trinajstić information content (AvgIpc) is 2.26. The molecule has 1 aromatic carbocycles. The lowest BCUT2D eigenvalue weighted by Crippen LogP contribution is -2.30. The first-order valence-electron chi connectivity index (χ1n) is 6.23. The summed E-state index contributed by atoms with van der Waals surface area (Å²) < 4.78 is 0. The highest BCUT2D eigenvalue weighted by atomic mass is 16.1. The molecule has 1 atom stereocenters. The summed E-state index contributed by atoms with van der Waals surface area (Å²) in [6.45, 7) is 3.27. The lowest BCUT2D eigenvalue weighted by molar-refractivity contribution is -0.121. The summed E-state index contributed by atoms with van der Waals surface area (Å²) in [5, 5.41) is 2.91. The Morgan fingerprint density at radius 3 is 2.50 bits per heavy atom. The molecule has 1 rings (SSSR count). The van der Waals surface area contributed by atoms with E-state index in [1.54, 1.807) is 0 Å². The van der Waals surface area contributed by atoms with E-state index >= 15 is 0 Å². The summed E-state index contributed by atoms with van der Waals surface area (Å²) in [5.41, 5.74) is 7.99. The minimum Gasteiger partial charge on any atom is -0.352 e. The fourth-order valence-corrected chi connectivity index (χ4v) is 1.78. The van der Waals surface area contributed by atoms with E-state index in [1.807, 2.05) is 39.2 Å². The van der Waals surface area contributed by atoms with Gasteiger partial charge in [0.25, 0.3) is 0 Å². The summed E-state index contributed by atoms with van der Waals surface area (Å²) in [6.07, 6.45) is 0.371. The number of nitrogens with zero attached hydrogens (tertiary/aromatic N) is 1. The third-order valence-corrected chi connectivity index (χ3v) is 2.59. The standard InChI is InChI=1S/C14H23N3O/c1-11(15)8-14(18)16-9-12-6-4-5-7-13(12)10-17(2)3/h4-7,11H,8-10,15H2,1-3H3,(H,16,18). The van der Waals surface area contributed by atoms with E-state index in [0.29, 0.717) is 13.0 Å². The maximum absolute atomic E-state index is 11.6. The largest absolute Gasteiger partial charge is 0.352 e. The fourth-order valence-electron chi connectivity index (χ4n) is 1.78. The molecule has 1 amide bonds. The topological polar surface area (TPSA) is 58.4 Å². The van der Waals surface area contributed by atoms with Crippen LogP contribution in [0, 0.1) is 0 Å². The molecular formula is C14H23N3O. The van der Waals surface area contributed by atoms with Crippen LogP contribution in [0.2, 0.25) is 0 Å². The Morgan fingerprint density at radius 2 is 1.94 bits per heavy atom. The van der Waals surface area contributed by atoms with Crippen molar-refractivity contribution in [2.75, 3.05) is 14.1 Å². The summed E-state index contributed by atoms with van der Waals surface area (Å²) in [7, 11) is 4.07. The minimum atomic E-state index is -0.0954. The highest BCUT2D eigenvalue weighted by Crippen LogP contribution is 2.10. The van der Waals surface area contributed by atoms with Crippen LogP contribution in [0.3, 0.4) is 0 Å². The SMILES string of the molecule is CC(N)CC(=O)NCc1ccccc1CN(C)C. The molecule has 4 heteroatoms. The predicted octanol–water partition coefficient (Wildman–Crippen LogP) is 1.10. The Labute approximate surface area is 109 Å². The van der Waals surface area contributed by atoms with Gasteiger partial charge in [-0.2, -0.15) is 0 Å². The quantitative estimate of drug-likeness (QED) is 0.794. The van der Waals surface area contributed by atoms with Crippen LogP contribution in [0.15, 0.2) is 24.3 Å². The molecular weight excluding hydrogens is 226 g/mol. The normalized spacial score (nSPS) is 12.5. The second-order valence-corrected chi connectivity index (χ2v) is 4.96. The van der Waals surface area contributed by atoms with Crippen molar-refractivity contribution in [2.45, 2.75) is 32.5 Å². The Bertz CT molecular complexity index is 388. The van der Waals surface area contributed by atoms with Gasteiger partial charge in [0.05, 0.1) is 0 Å². The van der Waals surface area contributed by atoms with Crippen LogP contribution in [0.25, 0.3) is 0 Å². The summed E-state index contributed by atoms with van der Waals surface area (Å²) in [6, 6.07) is 8.05. The van der Waals surface area contributed by atoms with Crippen LogP contribution in [-0.2, 0) is 17.9 Å². The molecule has 1 unspecified atom stereocenters. The van der Waals surface area contributed by atoms with Gasteiger partial charge < -0.3 is 16.0 Å². The number of nitrogens with one attached hydrogen (secondary N) is 1. The average molecular weight is 249 g/mol. The van der Waals surface area contributed by atoms with Crippen LogP contribution in [0.1, 0.15) is 24.5 Å². The summed E-state index contributed by atoms with van der Waals surface area (Å²) in [4.78, 5) is 13.7. The monoisotopic (exact) mass is 249 g/mol. The van der Waals surface area contributed by atoms with E-state index in [0.717, 1.165) is 12.1 Å². The molecule has 0 heterocycles. The van der Waals surface area contributed by atoms with Crippen LogP contribution < -0.4 is 11.1 Å². The van der Waals surface area contributed by atoms with Crippen LogP contribution in [-0.4, -0.2) is 30.9 Å². The number of hydrogen-bond donors (Lipinski definition) is 2. The van der Waals surface area contributed by atoms with Crippen molar-refractivity contribution in [1.29, 1.82) is 0 Å². The molecule has 0 radical (unpaired) electrons. The van der Waals surface area contributed by atoms with Crippen molar-refractivity contribution in [3.05, 3.63) is 35.4 Å². The zero-order valence-corrected chi connectivity index (χ0v) is 11.4. The number of carbonyl (C=O) groups excluding carboxylic acids is 1. The molecule has 0 fully saturated rings. The number of carbonyl (C=O) groups is 1. The van der Waals surface area contributed by atoms with Gasteiger partial charge in [-0.3, -0.25) is 4.79 Å². The minimum absolute atomic E-state index is 0.00431. The van der Waals surface area contributed by atoms with Gasteiger partial charge in [-0.05, 0) is 32.1 Å². The van der Waals surface area contributed by atoms with Crippen molar-refractivity contribution < 1.29 is 4.79 Å². The highest BCUT2D eigenvalue weighted by Gasteiger charge is 2.07. The molecule has 3 N–H and O–H groups in total. The molecule has 100 valence electrons. The number of hydrogen-bond acceptors (Lipinski definition) is 3. The first-order chi connectivity index (χ1) is 8.49. The first-order valence-corrected chi connectivity index (χ1v) is 6.23. The maximum Gasteiger partial charge on any atom is 0.221 e. The first kappa shape index (κ1) is 14.7. The molecule has 0 aromatic heterocycles. The van der Waals surface area contributed by atoms with Crippen LogP contribution in [0.5, 0.6) is 0 Å². The summed E-state index contributed by atoms with van der Waals surface area (Å²) >= 11 is 0. The van der Waals surface area contributed by atoms with Gasteiger partial charge in [-0.15, -0.1) is 0 Å². The van der Waals surface area contributed by atoms with Gasteiger partial charge in [0, 0.05) is 25.6 Å². The molecule has 0 aliphatic heterocycles. The molecule has 1 aromatic rings. The number of rotatable bonds is 6. The Morgan fingerprint density at radius 1 is 1.33 bits per heavy atom. The van der Waals surface area contributed by atoms with Crippen molar-refractivity contribution in [3.8, 4) is 0 Å². The van der Waals surface area contributed by atoms with Gasteiger partial charge >= 0.3 is 0 Å². The van der Waals surface area contributed by atoms with Crippen molar-refractivity contribution in [2.24, 2.45) is 5.73 Å². The summed E-state index contributed by atoms with van der Waals surface area (Å²) in [5.74, 6) is 0.00431. The lowest BCUT2D eigenvalue weighted by Gasteiger charge is -2.15. The number of benzene rings is 1. The van der Waals surface area contributed by atoms with Gasteiger partial charge in [-0.1, -0.05) is 24.3 Å². The van der Waals surface area contributed by atoms with E-state index in [9.17, 15) is 4.79 Å². The van der Waals surface area contributed by atoms with Gasteiger partial charge in [0.2, 0.25) is 5.91 Å².